The van der Waals surface area contributed by atoms with Crippen LogP contribution in [-0.2, 0) is 12.0 Å². The molecule has 1 aromatic carbocycles. The number of fused-ring (bicyclic) bond motifs is 2. The van der Waals surface area contributed by atoms with E-state index in [4.69, 9.17) is 4.74 Å². The van der Waals surface area contributed by atoms with E-state index < -0.39 is 30.4 Å². The Morgan fingerprint density at radius 1 is 1.19 bits per heavy atom. The third kappa shape index (κ3) is 3.84. The van der Waals surface area contributed by atoms with Crippen molar-refractivity contribution in [1.29, 1.82) is 0 Å². The largest absolute Gasteiger partial charge is 0.439 e. The number of alkyl halides is 3. The maximum atomic E-state index is 12.8. The van der Waals surface area contributed by atoms with E-state index in [1.807, 2.05) is 12.1 Å². The molecule has 1 N–H and O–H groups in total. The van der Waals surface area contributed by atoms with Crippen molar-refractivity contribution in [3.05, 3.63) is 74.6 Å². The molecule has 2 saturated carbocycles. The number of hydrogen-bond acceptors (Lipinski definition) is 5. The first-order valence-electron chi connectivity index (χ1n) is 11.7. The van der Waals surface area contributed by atoms with E-state index in [0.29, 0.717) is 33.0 Å². The molecule has 3 heterocycles. The van der Waals surface area contributed by atoms with Crippen LogP contribution in [0.15, 0.2) is 52.2 Å². The lowest BCUT2D eigenvalue weighted by atomic mass is 9.79. The van der Waals surface area contributed by atoms with E-state index in [-0.39, 0.29) is 10.2 Å². The van der Waals surface area contributed by atoms with Crippen LogP contribution in [0.5, 0.6) is 11.6 Å². The van der Waals surface area contributed by atoms with Gasteiger partial charge in [0, 0.05) is 29.2 Å². The van der Waals surface area contributed by atoms with Gasteiger partial charge < -0.3 is 4.74 Å². The summed E-state index contributed by atoms with van der Waals surface area (Å²) in [6.45, 7) is 1.14. The van der Waals surface area contributed by atoms with Gasteiger partial charge in [-0.3, -0.25) is 14.3 Å². The molecule has 0 aliphatic heterocycles. The normalized spacial score (nSPS) is 20.7. The Kier molecular flexibility index (Phi) is 5.15. The molecule has 6 rings (SSSR count). The van der Waals surface area contributed by atoms with Gasteiger partial charge in [0.05, 0.1) is 11.8 Å². The number of ether oxygens (including phenoxy) is 1. The van der Waals surface area contributed by atoms with Gasteiger partial charge in [-0.25, -0.2) is 9.78 Å². The fourth-order valence-electron chi connectivity index (χ4n) is 5.32. The van der Waals surface area contributed by atoms with Crippen molar-refractivity contribution >= 4 is 21.6 Å². The third-order valence-corrected chi connectivity index (χ3v) is 8.87. The molecule has 186 valence electrons. The van der Waals surface area contributed by atoms with Crippen LogP contribution >= 0.6 is 11.3 Å². The third-order valence-electron chi connectivity index (χ3n) is 7.51. The molecular formula is C26H22F3N3O3S. The number of pyridine rings is 1. The highest BCUT2D eigenvalue weighted by atomic mass is 32.1. The molecule has 36 heavy (non-hydrogen) atoms. The predicted octanol–water partition coefficient (Wildman–Crippen LogP) is 5.92. The van der Waals surface area contributed by atoms with E-state index in [2.05, 4.69) is 22.1 Å². The highest BCUT2D eigenvalue weighted by Gasteiger charge is 2.61. The molecule has 0 bridgehead atoms. The monoisotopic (exact) mass is 513 g/mol. The molecule has 2 aliphatic rings. The van der Waals surface area contributed by atoms with Crippen LogP contribution in [0.2, 0.25) is 0 Å². The lowest BCUT2D eigenvalue weighted by Gasteiger charge is -2.25. The van der Waals surface area contributed by atoms with E-state index >= 15 is 0 Å². The predicted molar refractivity (Wildman–Crippen MR) is 131 cm³/mol. The molecule has 2 aliphatic carbocycles. The summed E-state index contributed by atoms with van der Waals surface area (Å²) in [6, 6.07) is 11.6. The second kappa shape index (κ2) is 8.06. The summed E-state index contributed by atoms with van der Waals surface area (Å²) in [5.74, 6) is 1.94. The van der Waals surface area contributed by atoms with Crippen LogP contribution in [-0.4, -0.2) is 20.7 Å². The van der Waals surface area contributed by atoms with E-state index in [9.17, 15) is 22.8 Å². The number of halogens is 3. The molecule has 2 unspecified atom stereocenters. The van der Waals surface area contributed by atoms with Crippen molar-refractivity contribution < 1.29 is 17.9 Å². The van der Waals surface area contributed by atoms with Crippen molar-refractivity contribution in [2.75, 3.05) is 0 Å². The summed E-state index contributed by atoms with van der Waals surface area (Å²) in [4.78, 5) is 32.1. The maximum absolute atomic E-state index is 12.8. The number of aromatic amines is 1. The zero-order valence-electron chi connectivity index (χ0n) is 19.3. The summed E-state index contributed by atoms with van der Waals surface area (Å²) >= 11 is 1.10. The molecule has 4 aromatic rings. The topological polar surface area (TPSA) is 77.0 Å². The van der Waals surface area contributed by atoms with Crippen molar-refractivity contribution in [2.24, 2.45) is 5.92 Å². The smallest absolute Gasteiger partial charge is 0.390 e. The van der Waals surface area contributed by atoms with Crippen molar-refractivity contribution in [3.8, 4) is 22.1 Å². The van der Waals surface area contributed by atoms with Crippen LogP contribution in [0, 0.1) is 12.8 Å². The van der Waals surface area contributed by atoms with Gasteiger partial charge in [0.25, 0.3) is 5.56 Å². The molecule has 2 fully saturated rings. The first kappa shape index (κ1) is 23.0. The Morgan fingerprint density at radius 3 is 2.56 bits per heavy atom. The number of aryl methyl sites for hydroxylation is 2. The average Bonchev–Trinajstić information content (AvgIpc) is 3.18. The highest BCUT2D eigenvalue weighted by molar-refractivity contribution is 7.22. The molecule has 0 saturated heterocycles. The van der Waals surface area contributed by atoms with Gasteiger partial charge in [-0.05, 0) is 66.8 Å². The molecular weight excluding hydrogens is 491 g/mol. The number of H-pyrrole nitrogens is 1. The van der Waals surface area contributed by atoms with Gasteiger partial charge >= 0.3 is 11.9 Å². The fraction of sp³-hybridized carbons (Fsp3) is 0.346. The number of rotatable bonds is 6. The number of thiophene rings is 1. The fourth-order valence-corrected chi connectivity index (χ4v) is 6.64. The minimum atomic E-state index is -4.42. The van der Waals surface area contributed by atoms with Crippen LogP contribution < -0.4 is 16.0 Å². The summed E-state index contributed by atoms with van der Waals surface area (Å²) in [5.41, 5.74) is 1.57. The summed E-state index contributed by atoms with van der Waals surface area (Å²) in [6.07, 6.45) is -0.117. The molecule has 0 spiro atoms. The number of nitrogens with zero attached hydrogens (tertiary/aromatic N) is 2. The summed E-state index contributed by atoms with van der Waals surface area (Å²) < 4.78 is 45.2. The molecule has 0 amide bonds. The van der Waals surface area contributed by atoms with Crippen LogP contribution in [0.1, 0.15) is 36.8 Å². The molecule has 2 atom stereocenters. The molecule has 6 nitrogen and oxygen atoms in total. The first-order chi connectivity index (χ1) is 17.1. The Balaban J connectivity index is 1.26. The van der Waals surface area contributed by atoms with Crippen LogP contribution in [0.3, 0.4) is 0 Å². The lowest BCUT2D eigenvalue weighted by molar-refractivity contribution is -0.136. The maximum Gasteiger partial charge on any atom is 0.390 e. The first-order valence-corrected chi connectivity index (χ1v) is 12.5. The van der Waals surface area contributed by atoms with Gasteiger partial charge in [0.2, 0.25) is 5.88 Å². The Morgan fingerprint density at radius 2 is 1.97 bits per heavy atom. The molecule has 0 radical (unpaired) electrons. The summed E-state index contributed by atoms with van der Waals surface area (Å²) in [5, 5.41) is 0.209. The quantitative estimate of drug-likeness (QED) is 0.347. The van der Waals surface area contributed by atoms with E-state index in [1.165, 1.54) is 24.8 Å². The van der Waals surface area contributed by atoms with E-state index in [1.54, 1.807) is 25.3 Å². The number of benzene rings is 1. The van der Waals surface area contributed by atoms with Crippen LogP contribution in [0.25, 0.3) is 20.7 Å². The second-order valence-corrected chi connectivity index (χ2v) is 10.6. The number of hydrogen-bond donors (Lipinski definition) is 1. The summed E-state index contributed by atoms with van der Waals surface area (Å²) in [7, 11) is 0. The van der Waals surface area contributed by atoms with Crippen molar-refractivity contribution in [2.45, 2.75) is 50.7 Å². The Bertz CT molecular complexity index is 1580. The van der Waals surface area contributed by atoms with Crippen molar-refractivity contribution in [3.63, 3.8) is 0 Å². The lowest BCUT2D eigenvalue weighted by Crippen LogP contribution is -2.31. The average molecular weight is 514 g/mol. The zero-order chi connectivity index (χ0) is 25.2. The van der Waals surface area contributed by atoms with Gasteiger partial charge in [-0.15, -0.1) is 11.3 Å². The second-order valence-electron chi connectivity index (χ2n) is 9.62. The van der Waals surface area contributed by atoms with Gasteiger partial charge in [0.1, 0.15) is 10.6 Å². The minimum absolute atomic E-state index is 0.209. The number of aromatic nitrogens is 3. The Hall–Kier alpha value is -3.40. The Labute approximate surface area is 207 Å². The highest BCUT2D eigenvalue weighted by Crippen LogP contribution is 2.68. The van der Waals surface area contributed by atoms with Gasteiger partial charge in [-0.2, -0.15) is 13.2 Å². The minimum Gasteiger partial charge on any atom is -0.439 e. The van der Waals surface area contributed by atoms with Crippen LogP contribution in [0.4, 0.5) is 13.2 Å². The molecule has 10 heteroatoms. The number of nitrogens with one attached hydrogen (secondary N) is 1. The standard InChI is InChI=1S/C26H22F3N3O3S/c1-14-20-22(33)31-24(34)32(11-10-26(27,28)29)23(20)36-21(14)15-2-7-19(30-13-15)35-18-5-3-16(4-6-18)25-9-8-17(25)12-25/h2-7,13,17H,8-12H2,1H3,(H,31,33,34). The molecule has 3 aromatic heterocycles. The SMILES string of the molecule is Cc1c(-c2ccc(Oc3ccc(C45CCC4C5)cc3)nc2)sc2c1c(=O)[nH]c(=O)n2CCC(F)(F)F. The van der Waals surface area contributed by atoms with Gasteiger partial charge in [0.15, 0.2) is 0 Å². The van der Waals surface area contributed by atoms with E-state index in [0.717, 1.165) is 21.8 Å². The van der Waals surface area contributed by atoms with Crippen molar-refractivity contribution in [1.82, 2.24) is 14.5 Å². The zero-order valence-corrected chi connectivity index (χ0v) is 20.1. The van der Waals surface area contributed by atoms with Gasteiger partial charge in [-0.1, -0.05) is 12.1 Å².